The Kier molecular flexibility index (Phi) is 9.97. The molecule has 0 aromatic carbocycles. The van der Waals surface area contributed by atoms with Gasteiger partial charge in [-0.2, -0.15) is 8.42 Å². The van der Waals surface area contributed by atoms with Gasteiger partial charge in [0.2, 0.25) is 5.91 Å². The van der Waals surface area contributed by atoms with E-state index in [9.17, 15) is 22.8 Å². The van der Waals surface area contributed by atoms with Crippen LogP contribution in [0.25, 0.3) is 0 Å². The van der Waals surface area contributed by atoms with Gasteiger partial charge in [0.1, 0.15) is 5.78 Å². The number of esters is 1. The fourth-order valence-electron chi connectivity index (χ4n) is 2.41. The second-order valence-electron chi connectivity index (χ2n) is 6.97. The Hall–Kier alpha value is -1.52. The maximum Gasteiger partial charge on any atom is 0.334 e. The monoisotopic (exact) mass is 395 g/mol. The molecule has 2 N–H and O–H groups in total. The van der Waals surface area contributed by atoms with Crippen LogP contribution in [-0.4, -0.2) is 61.7 Å². The molecule has 0 aliphatic rings. The molecular weight excluding hydrogens is 366 g/mol. The molecule has 0 rings (SSSR count). The summed E-state index contributed by atoms with van der Waals surface area (Å²) in [5.41, 5.74) is -1.16. The number of amides is 1. The van der Waals surface area contributed by atoms with Gasteiger partial charge >= 0.3 is 5.97 Å². The first-order valence-corrected chi connectivity index (χ1v) is 9.81. The Labute approximate surface area is 154 Å². The minimum atomic E-state index is -4.25. The van der Waals surface area contributed by atoms with Gasteiger partial charge in [-0.3, -0.25) is 9.35 Å². The second-order valence-corrected chi connectivity index (χ2v) is 8.42. The Bertz CT molecular complexity index is 599. The summed E-state index contributed by atoms with van der Waals surface area (Å²) in [4.78, 5) is 35.1. The number of rotatable bonds is 12. The SMILES string of the molecule is COC(C)C(=O)OCCC(CC(C)=O)CC(=O)NC(C)(C)CS(=O)(=O)O. The van der Waals surface area contributed by atoms with Crippen molar-refractivity contribution in [2.24, 2.45) is 5.92 Å². The summed E-state index contributed by atoms with van der Waals surface area (Å²) in [5, 5.41) is 2.53. The van der Waals surface area contributed by atoms with E-state index >= 15 is 0 Å². The molecule has 2 unspecified atom stereocenters. The van der Waals surface area contributed by atoms with E-state index in [4.69, 9.17) is 14.0 Å². The minimum absolute atomic E-state index is 0.0339. The van der Waals surface area contributed by atoms with E-state index in [1.807, 2.05) is 0 Å². The van der Waals surface area contributed by atoms with Gasteiger partial charge in [-0.25, -0.2) is 4.79 Å². The highest BCUT2D eigenvalue weighted by Crippen LogP contribution is 2.16. The molecule has 10 heteroatoms. The second kappa shape index (κ2) is 10.6. The van der Waals surface area contributed by atoms with Crippen LogP contribution < -0.4 is 5.32 Å². The molecule has 0 aromatic heterocycles. The van der Waals surface area contributed by atoms with Crippen LogP contribution in [0.2, 0.25) is 0 Å². The Morgan fingerprint density at radius 1 is 1.19 bits per heavy atom. The lowest BCUT2D eigenvalue weighted by atomic mass is 9.95. The zero-order valence-electron chi connectivity index (χ0n) is 15.9. The van der Waals surface area contributed by atoms with E-state index in [0.29, 0.717) is 6.42 Å². The van der Waals surface area contributed by atoms with Gasteiger partial charge < -0.3 is 19.6 Å². The van der Waals surface area contributed by atoms with Crippen molar-refractivity contribution in [3.05, 3.63) is 0 Å². The summed E-state index contributed by atoms with van der Waals surface area (Å²) >= 11 is 0. The third kappa shape index (κ3) is 11.9. The topological polar surface area (TPSA) is 136 Å². The summed E-state index contributed by atoms with van der Waals surface area (Å²) in [6, 6.07) is 0. The Morgan fingerprint density at radius 3 is 2.23 bits per heavy atom. The number of ether oxygens (including phenoxy) is 2. The molecule has 2 atom stereocenters. The lowest BCUT2D eigenvalue weighted by Crippen LogP contribution is -2.48. The Morgan fingerprint density at radius 2 is 1.77 bits per heavy atom. The van der Waals surface area contributed by atoms with Gasteiger partial charge in [-0.1, -0.05) is 0 Å². The molecule has 0 saturated heterocycles. The molecule has 0 radical (unpaired) electrons. The van der Waals surface area contributed by atoms with Crippen LogP contribution in [0, 0.1) is 5.92 Å². The first-order chi connectivity index (χ1) is 11.8. The van der Waals surface area contributed by atoms with Gasteiger partial charge in [0.25, 0.3) is 10.1 Å². The van der Waals surface area contributed by atoms with Crippen LogP contribution in [0.1, 0.15) is 47.0 Å². The quantitative estimate of drug-likeness (QED) is 0.364. The van der Waals surface area contributed by atoms with Crippen LogP contribution in [0.5, 0.6) is 0 Å². The standard InChI is InChI=1S/C16H29NO8S/c1-11(18)8-13(6-7-25-15(20)12(2)24-5)9-14(19)17-16(3,4)10-26(21,22)23/h12-13H,6-10H2,1-5H3,(H,17,19)(H,21,22,23). The summed E-state index contributed by atoms with van der Waals surface area (Å²) < 4.78 is 40.7. The molecule has 0 fully saturated rings. The molecule has 0 spiro atoms. The minimum Gasteiger partial charge on any atom is -0.464 e. The molecule has 1 amide bonds. The van der Waals surface area contributed by atoms with Gasteiger partial charge in [0.05, 0.1) is 17.9 Å². The normalized spacial score (nSPS) is 14.4. The summed E-state index contributed by atoms with van der Waals surface area (Å²) in [6.45, 7) is 5.90. The molecule has 0 aliphatic heterocycles. The largest absolute Gasteiger partial charge is 0.464 e. The van der Waals surface area contributed by atoms with Gasteiger partial charge in [-0.15, -0.1) is 0 Å². The third-order valence-corrected chi connectivity index (χ3v) is 4.61. The van der Waals surface area contributed by atoms with Crippen LogP contribution in [0.3, 0.4) is 0 Å². The average molecular weight is 395 g/mol. The molecular formula is C16H29NO8S. The van der Waals surface area contributed by atoms with Crippen LogP contribution in [0.15, 0.2) is 0 Å². The number of Topliss-reactive ketones (excluding diaryl/α,β-unsaturated/α-hetero) is 1. The van der Waals surface area contributed by atoms with Crippen molar-refractivity contribution in [3.8, 4) is 0 Å². The van der Waals surface area contributed by atoms with E-state index in [1.165, 1.54) is 27.9 Å². The molecule has 0 aliphatic carbocycles. The number of hydrogen-bond acceptors (Lipinski definition) is 7. The van der Waals surface area contributed by atoms with E-state index in [2.05, 4.69) is 5.32 Å². The van der Waals surface area contributed by atoms with E-state index in [1.54, 1.807) is 6.92 Å². The van der Waals surface area contributed by atoms with Crippen LogP contribution in [0.4, 0.5) is 0 Å². The van der Waals surface area contributed by atoms with Gasteiger partial charge in [-0.05, 0) is 40.0 Å². The summed E-state index contributed by atoms with van der Waals surface area (Å²) in [7, 11) is -2.87. The van der Waals surface area contributed by atoms with E-state index in [-0.39, 0.29) is 31.1 Å². The first kappa shape index (κ1) is 24.5. The average Bonchev–Trinajstić information content (AvgIpc) is 2.41. The number of carbonyl (C=O) groups excluding carboxylic acids is 3. The smallest absolute Gasteiger partial charge is 0.334 e. The molecule has 0 saturated carbocycles. The van der Waals surface area contributed by atoms with Crippen molar-refractivity contribution >= 4 is 27.8 Å². The fraction of sp³-hybridized carbons (Fsp3) is 0.812. The summed E-state index contributed by atoms with van der Waals surface area (Å²) in [5.74, 6) is -2.10. The molecule has 0 aromatic rings. The van der Waals surface area contributed by atoms with Crippen LogP contribution >= 0.6 is 0 Å². The van der Waals surface area contributed by atoms with Gasteiger partial charge in [0, 0.05) is 20.0 Å². The highest BCUT2D eigenvalue weighted by Gasteiger charge is 2.28. The molecule has 152 valence electrons. The fourth-order valence-corrected chi connectivity index (χ4v) is 3.39. The molecule has 0 bridgehead atoms. The molecule has 0 heterocycles. The number of hydrogen-bond donors (Lipinski definition) is 2. The lowest BCUT2D eigenvalue weighted by molar-refractivity contribution is -0.154. The molecule has 26 heavy (non-hydrogen) atoms. The summed E-state index contributed by atoms with van der Waals surface area (Å²) in [6.07, 6.45) is -0.311. The number of ketones is 1. The highest BCUT2D eigenvalue weighted by molar-refractivity contribution is 7.85. The predicted molar refractivity (Wildman–Crippen MR) is 94.1 cm³/mol. The van der Waals surface area contributed by atoms with Gasteiger partial charge in [0.15, 0.2) is 6.10 Å². The van der Waals surface area contributed by atoms with Crippen LogP contribution in [-0.2, 0) is 34.0 Å². The van der Waals surface area contributed by atoms with Crippen molar-refractivity contribution in [2.45, 2.75) is 58.6 Å². The maximum absolute atomic E-state index is 12.2. The number of methoxy groups -OCH3 is 1. The van der Waals surface area contributed by atoms with Crippen molar-refractivity contribution in [3.63, 3.8) is 0 Å². The zero-order valence-corrected chi connectivity index (χ0v) is 16.7. The Balaban J connectivity index is 4.67. The van der Waals surface area contributed by atoms with Crippen molar-refractivity contribution in [1.29, 1.82) is 0 Å². The number of carbonyl (C=O) groups is 3. The predicted octanol–water partition coefficient (Wildman–Crippen LogP) is 0.723. The zero-order chi connectivity index (χ0) is 20.5. The van der Waals surface area contributed by atoms with Crippen molar-refractivity contribution in [2.75, 3.05) is 19.5 Å². The number of nitrogens with one attached hydrogen (secondary N) is 1. The first-order valence-electron chi connectivity index (χ1n) is 8.21. The highest BCUT2D eigenvalue weighted by atomic mass is 32.2. The van der Waals surface area contributed by atoms with E-state index < -0.39 is 39.4 Å². The lowest BCUT2D eigenvalue weighted by Gasteiger charge is -2.26. The van der Waals surface area contributed by atoms with Crippen molar-refractivity contribution in [1.82, 2.24) is 5.32 Å². The van der Waals surface area contributed by atoms with Crippen molar-refractivity contribution < 1.29 is 36.8 Å². The molecule has 9 nitrogen and oxygen atoms in total. The maximum atomic E-state index is 12.2. The van der Waals surface area contributed by atoms with E-state index in [0.717, 1.165) is 0 Å². The third-order valence-electron chi connectivity index (χ3n) is 3.53.